The topological polar surface area (TPSA) is 50.8 Å². The SMILES string of the molecule is Cc1ccccc1N1C(=O)c2ccccc2[C@@H]1Nc1ccc2c(c1)OCCO2. The van der Waals surface area contributed by atoms with Crippen LogP contribution in [0.4, 0.5) is 11.4 Å². The first-order valence-electron chi connectivity index (χ1n) is 9.37. The van der Waals surface area contributed by atoms with E-state index in [0.29, 0.717) is 13.2 Å². The van der Waals surface area contributed by atoms with Gasteiger partial charge in [0.15, 0.2) is 11.5 Å². The number of ether oxygens (including phenoxy) is 2. The first kappa shape index (κ1) is 16.7. The molecule has 0 bridgehead atoms. The molecule has 1 N–H and O–H groups in total. The molecule has 28 heavy (non-hydrogen) atoms. The molecule has 2 aliphatic heterocycles. The zero-order chi connectivity index (χ0) is 19.1. The van der Waals surface area contributed by atoms with Gasteiger partial charge in [-0.15, -0.1) is 0 Å². The fraction of sp³-hybridized carbons (Fsp3) is 0.174. The van der Waals surface area contributed by atoms with E-state index in [1.807, 2.05) is 78.6 Å². The number of carbonyl (C=O) groups is 1. The minimum Gasteiger partial charge on any atom is -0.486 e. The number of fused-ring (bicyclic) bond motifs is 2. The number of hydrogen-bond donors (Lipinski definition) is 1. The Bertz CT molecular complexity index is 1060. The van der Waals surface area contributed by atoms with Crippen molar-refractivity contribution in [3.8, 4) is 11.5 Å². The average Bonchev–Trinajstić information content (AvgIpc) is 3.00. The van der Waals surface area contributed by atoms with Gasteiger partial charge >= 0.3 is 0 Å². The summed E-state index contributed by atoms with van der Waals surface area (Å²) in [6, 6.07) is 21.5. The predicted molar refractivity (Wildman–Crippen MR) is 108 cm³/mol. The van der Waals surface area contributed by atoms with Crippen molar-refractivity contribution < 1.29 is 14.3 Å². The van der Waals surface area contributed by atoms with Gasteiger partial charge in [-0.25, -0.2) is 0 Å². The number of nitrogens with one attached hydrogen (secondary N) is 1. The van der Waals surface area contributed by atoms with Crippen LogP contribution in [0.2, 0.25) is 0 Å². The van der Waals surface area contributed by atoms with Gasteiger partial charge in [-0.2, -0.15) is 0 Å². The quantitative estimate of drug-likeness (QED) is 0.733. The third-order valence-electron chi connectivity index (χ3n) is 5.18. The number of nitrogens with zero attached hydrogens (tertiary/aromatic N) is 1. The molecule has 1 atom stereocenters. The molecule has 1 amide bonds. The van der Waals surface area contributed by atoms with Gasteiger partial charge in [0.25, 0.3) is 5.91 Å². The molecule has 5 rings (SSSR count). The Morgan fingerprint density at radius 2 is 1.68 bits per heavy atom. The Morgan fingerprint density at radius 1 is 0.929 bits per heavy atom. The molecule has 2 aliphatic rings. The molecule has 0 aliphatic carbocycles. The summed E-state index contributed by atoms with van der Waals surface area (Å²) < 4.78 is 11.3. The van der Waals surface area contributed by atoms with E-state index < -0.39 is 0 Å². The van der Waals surface area contributed by atoms with Crippen molar-refractivity contribution in [1.82, 2.24) is 0 Å². The summed E-state index contributed by atoms with van der Waals surface area (Å²) >= 11 is 0. The van der Waals surface area contributed by atoms with Crippen LogP contribution in [0.25, 0.3) is 0 Å². The second kappa shape index (κ2) is 6.60. The highest BCUT2D eigenvalue weighted by Crippen LogP contribution is 2.40. The van der Waals surface area contributed by atoms with Crippen LogP contribution in [0.1, 0.15) is 27.7 Å². The number of para-hydroxylation sites is 1. The van der Waals surface area contributed by atoms with E-state index >= 15 is 0 Å². The lowest BCUT2D eigenvalue weighted by Crippen LogP contribution is -2.32. The molecular weight excluding hydrogens is 352 g/mol. The van der Waals surface area contributed by atoms with Gasteiger partial charge in [0, 0.05) is 28.6 Å². The number of hydrogen-bond acceptors (Lipinski definition) is 4. The van der Waals surface area contributed by atoms with Crippen LogP contribution in [-0.2, 0) is 0 Å². The van der Waals surface area contributed by atoms with Gasteiger partial charge in [-0.05, 0) is 36.8 Å². The summed E-state index contributed by atoms with van der Waals surface area (Å²) in [7, 11) is 0. The van der Waals surface area contributed by atoms with Crippen LogP contribution in [0.15, 0.2) is 66.7 Å². The highest BCUT2D eigenvalue weighted by molar-refractivity contribution is 6.11. The van der Waals surface area contributed by atoms with E-state index in [1.54, 1.807) is 0 Å². The lowest BCUT2D eigenvalue weighted by Gasteiger charge is -2.29. The van der Waals surface area contributed by atoms with Crippen molar-refractivity contribution in [3.63, 3.8) is 0 Å². The Kier molecular flexibility index (Phi) is 3.93. The maximum Gasteiger partial charge on any atom is 0.260 e. The van der Waals surface area contributed by atoms with E-state index in [0.717, 1.165) is 39.6 Å². The molecule has 3 aromatic rings. The summed E-state index contributed by atoms with van der Waals surface area (Å²) in [4.78, 5) is 15.1. The Balaban J connectivity index is 1.57. The van der Waals surface area contributed by atoms with Gasteiger partial charge in [-0.3, -0.25) is 9.69 Å². The summed E-state index contributed by atoms with van der Waals surface area (Å²) in [5.74, 6) is 1.46. The van der Waals surface area contributed by atoms with E-state index in [9.17, 15) is 4.79 Å². The first-order chi connectivity index (χ1) is 13.7. The number of benzene rings is 3. The Hall–Kier alpha value is -3.47. The number of amides is 1. The smallest absolute Gasteiger partial charge is 0.260 e. The Morgan fingerprint density at radius 3 is 2.54 bits per heavy atom. The summed E-state index contributed by atoms with van der Waals surface area (Å²) in [6.45, 7) is 3.12. The number of aryl methyl sites for hydroxylation is 1. The minimum absolute atomic E-state index is 0.0000525. The zero-order valence-electron chi connectivity index (χ0n) is 15.5. The molecule has 0 saturated heterocycles. The van der Waals surface area contributed by atoms with Crippen molar-refractivity contribution in [2.45, 2.75) is 13.1 Å². The minimum atomic E-state index is -0.299. The maximum absolute atomic E-state index is 13.2. The van der Waals surface area contributed by atoms with E-state index in [2.05, 4.69) is 5.32 Å². The predicted octanol–water partition coefficient (Wildman–Crippen LogP) is 4.54. The van der Waals surface area contributed by atoms with Crippen LogP contribution >= 0.6 is 0 Å². The fourth-order valence-electron chi connectivity index (χ4n) is 3.83. The van der Waals surface area contributed by atoms with Gasteiger partial charge < -0.3 is 14.8 Å². The molecule has 0 radical (unpaired) electrons. The Labute approximate surface area is 163 Å². The number of anilines is 2. The van der Waals surface area contributed by atoms with E-state index in [-0.39, 0.29) is 12.1 Å². The average molecular weight is 372 g/mol. The molecule has 5 nitrogen and oxygen atoms in total. The second-order valence-corrected chi connectivity index (χ2v) is 6.95. The van der Waals surface area contributed by atoms with Gasteiger partial charge in [0.05, 0.1) is 0 Å². The summed E-state index contributed by atoms with van der Waals surface area (Å²) in [5, 5.41) is 3.52. The standard InChI is InChI=1S/C23H20N2O3/c1-15-6-2-5-9-19(15)25-22(17-7-3-4-8-18(17)23(25)26)24-16-10-11-20-21(14-16)28-13-12-27-20/h2-11,14,22,24H,12-13H2,1H3/t22-/m1/s1. The van der Waals surface area contributed by atoms with Crippen molar-refractivity contribution in [2.24, 2.45) is 0 Å². The maximum atomic E-state index is 13.2. The highest BCUT2D eigenvalue weighted by Gasteiger charge is 2.38. The molecule has 2 heterocycles. The summed E-state index contributed by atoms with van der Waals surface area (Å²) in [5.41, 5.74) is 4.51. The lowest BCUT2D eigenvalue weighted by atomic mass is 10.1. The fourth-order valence-corrected chi connectivity index (χ4v) is 3.83. The second-order valence-electron chi connectivity index (χ2n) is 6.95. The highest BCUT2D eigenvalue weighted by atomic mass is 16.6. The molecule has 0 spiro atoms. The molecule has 0 unspecified atom stereocenters. The van der Waals surface area contributed by atoms with E-state index in [1.165, 1.54) is 0 Å². The van der Waals surface area contributed by atoms with Crippen LogP contribution in [-0.4, -0.2) is 19.1 Å². The molecule has 0 aromatic heterocycles. The zero-order valence-corrected chi connectivity index (χ0v) is 15.5. The normalized spacial score (nSPS) is 17.4. The largest absolute Gasteiger partial charge is 0.486 e. The molecule has 3 aromatic carbocycles. The van der Waals surface area contributed by atoms with Crippen molar-refractivity contribution in [1.29, 1.82) is 0 Å². The third kappa shape index (κ3) is 2.67. The molecule has 0 saturated carbocycles. The van der Waals surface area contributed by atoms with Gasteiger partial charge in [-0.1, -0.05) is 36.4 Å². The van der Waals surface area contributed by atoms with Crippen LogP contribution in [0.3, 0.4) is 0 Å². The van der Waals surface area contributed by atoms with E-state index in [4.69, 9.17) is 9.47 Å². The number of rotatable bonds is 3. The van der Waals surface area contributed by atoms with Gasteiger partial charge in [0.2, 0.25) is 0 Å². The number of carbonyl (C=O) groups excluding carboxylic acids is 1. The summed E-state index contributed by atoms with van der Waals surface area (Å²) in [6.07, 6.45) is -0.299. The molecular formula is C23H20N2O3. The van der Waals surface area contributed by atoms with Crippen LogP contribution < -0.4 is 19.7 Å². The third-order valence-corrected chi connectivity index (χ3v) is 5.18. The lowest BCUT2D eigenvalue weighted by molar-refractivity contribution is 0.0993. The van der Waals surface area contributed by atoms with Crippen molar-refractivity contribution >= 4 is 17.3 Å². The molecule has 5 heteroatoms. The van der Waals surface area contributed by atoms with Crippen molar-refractivity contribution in [2.75, 3.05) is 23.4 Å². The first-order valence-corrected chi connectivity index (χ1v) is 9.37. The van der Waals surface area contributed by atoms with Crippen molar-refractivity contribution in [3.05, 3.63) is 83.4 Å². The van der Waals surface area contributed by atoms with Crippen LogP contribution in [0.5, 0.6) is 11.5 Å². The monoisotopic (exact) mass is 372 g/mol. The molecule has 140 valence electrons. The van der Waals surface area contributed by atoms with Crippen LogP contribution in [0, 0.1) is 6.92 Å². The molecule has 0 fully saturated rings. The van der Waals surface area contributed by atoms with Gasteiger partial charge in [0.1, 0.15) is 19.4 Å².